The Morgan fingerprint density at radius 3 is 2.80 bits per heavy atom. The minimum absolute atomic E-state index is 0.242. The number of likely N-dealkylation sites (tertiary alicyclic amines) is 1. The predicted octanol–water partition coefficient (Wildman–Crippen LogP) is 2.22. The highest BCUT2D eigenvalue weighted by molar-refractivity contribution is 5.79. The van der Waals surface area contributed by atoms with E-state index in [1.54, 1.807) is 13.3 Å². The number of nitrogens with one attached hydrogen (secondary N) is 2. The monoisotopic (exact) mass is 341 g/mol. The van der Waals surface area contributed by atoms with Gasteiger partial charge in [-0.25, -0.2) is 0 Å². The molecule has 1 aliphatic rings. The van der Waals surface area contributed by atoms with E-state index in [2.05, 4.69) is 31.6 Å². The van der Waals surface area contributed by atoms with Gasteiger partial charge in [0, 0.05) is 38.4 Å². The van der Waals surface area contributed by atoms with Crippen LogP contribution in [-0.2, 0) is 6.42 Å². The second kappa shape index (κ2) is 9.22. The largest absolute Gasteiger partial charge is 0.468 e. The Balaban J connectivity index is 1.50. The third-order valence-corrected chi connectivity index (χ3v) is 4.54. The van der Waals surface area contributed by atoms with E-state index >= 15 is 0 Å². The number of nitrogens with zero attached hydrogens (tertiary/aromatic N) is 3. The molecule has 1 unspecified atom stereocenters. The van der Waals surface area contributed by atoms with Crippen LogP contribution >= 0.6 is 0 Å². The Morgan fingerprint density at radius 2 is 2.12 bits per heavy atom. The minimum atomic E-state index is 0.242. The van der Waals surface area contributed by atoms with Crippen LogP contribution in [0.2, 0.25) is 0 Å². The summed E-state index contributed by atoms with van der Waals surface area (Å²) < 4.78 is 5.66. The number of pyridine rings is 1. The van der Waals surface area contributed by atoms with Gasteiger partial charge in [-0.2, -0.15) is 0 Å². The van der Waals surface area contributed by atoms with Gasteiger partial charge in [-0.3, -0.25) is 14.9 Å². The van der Waals surface area contributed by atoms with Crippen molar-refractivity contribution in [2.45, 2.75) is 25.3 Å². The molecule has 134 valence electrons. The van der Waals surface area contributed by atoms with Crippen LogP contribution in [0.3, 0.4) is 0 Å². The molecule has 0 radical (unpaired) electrons. The Bertz CT molecular complexity index is 635. The van der Waals surface area contributed by atoms with Crippen molar-refractivity contribution in [2.75, 3.05) is 33.2 Å². The molecule has 0 spiro atoms. The number of rotatable bonds is 7. The Kier molecular flexibility index (Phi) is 6.45. The molecule has 2 aromatic rings. The Hall–Kier alpha value is -2.34. The summed E-state index contributed by atoms with van der Waals surface area (Å²) in [5.41, 5.74) is 1.08. The number of hydrogen-bond donors (Lipinski definition) is 2. The van der Waals surface area contributed by atoms with Crippen LogP contribution in [0.4, 0.5) is 0 Å². The third-order valence-electron chi connectivity index (χ3n) is 4.54. The van der Waals surface area contributed by atoms with E-state index in [1.165, 1.54) is 12.8 Å². The lowest BCUT2D eigenvalue weighted by molar-refractivity contribution is 0.215. The van der Waals surface area contributed by atoms with Gasteiger partial charge in [-0.1, -0.05) is 6.07 Å². The fourth-order valence-electron chi connectivity index (χ4n) is 3.21. The van der Waals surface area contributed by atoms with E-state index in [-0.39, 0.29) is 6.04 Å². The molecule has 3 rings (SSSR count). The summed E-state index contributed by atoms with van der Waals surface area (Å²) in [6, 6.07) is 10.2. The molecule has 1 fully saturated rings. The molecule has 0 amide bonds. The van der Waals surface area contributed by atoms with Crippen LogP contribution < -0.4 is 10.6 Å². The summed E-state index contributed by atoms with van der Waals surface area (Å²) in [4.78, 5) is 11.1. The van der Waals surface area contributed by atoms with Gasteiger partial charge < -0.3 is 15.1 Å². The minimum Gasteiger partial charge on any atom is -0.468 e. The zero-order chi connectivity index (χ0) is 17.3. The first-order chi connectivity index (χ1) is 12.4. The highest BCUT2D eigenvalue weighted by Crippen LogP contribution is 2.24. The van der Waals surface area contributed by atoms with E-state index in [9.17, 15) is 0 Å². The molecule has 0 aromatic carbocycles. The zero-order valence-electron chi connectivity index (χ0n) is 14.8. The normalized spacial score (nSPS) is 16.8. The first-order valence-corrected chi connectivity index (χ1v) is 8.98. The number of guanidine groups is 1. The molecule has 1 atom stereocenters. The first-order valence-electron chi connectivity index (χ1n) is 8.98. The maximum absolute atomic E-state index is 5.66. The predicted molar refractivity (Wildman–Crippen MR) is 99.6 cm³/mol. The molecule has 0 bridgehead atoms. The quantitative estimate of drug-likeness (QED) is 0.597. The van der Waals surface area contributed by atoms with E-state index in [0.29, 0.717) is 0 Å². The number of furan rings is 1. The molecule has 6 nitrogen and oxygen atoms in total. The van der Waals surface area contributed by atoms with Crippen LogP contribution in [0.15, 0.2) is 52.2 Å². The molecule has 2 N–H and O–H groups in total. The number of aliphatic imine (C=N–C) groups is 1. The summed E-state index contributed by atoms with van der Waals surface area (Å²) in [7, 11) is 1.80. The molecule has 0 aliphatic carbocycles. The van der Waals surface area contributed by atoms with Gasteiger partial charge in [-0.15, -0.1) is 0 Å². The van der Waals surface area contributed by atoms with Gasteiger partial charge in [0.1, 0.15) is 5.76 Å². The molecule has 6 heteroatoms. The molecule has 0 saturated carbocycles. The Morgan fingerprint density at radius 1 is 1.24 bits per heavy atom. The molecule has 25 heavy (non-hydrogen) atoms. The number of aromatic nitrogens is 1. The molecule has 2 aromatic heterocycles. The first kappa shape index (κ1) is 17.5. The van der Waals surface area contributed by atoms with Crippen LogP contribution in [-0.4, -0.2) is 49.1 Å². The SMILES string of the molecule is CN=C(NCCc1ccccn1)NCC(c1ccco1)N1CCCC1. The van der Waals surface area contributed by atoms with Gasteiger partial charge in [0.2, 0.25) is 0 Å². The topological polar surface area (TPSA) is 65.7 Å². The maximum atomic E-state index is 5.66. The van der Waals surface area contributed by atoms with Gasteiger partial charge in [0.25, 0.3) is 0 Å². The van der Waals surface area contributed by atoms with Crippen molar-refractivity contribution in [3.63, 3.8) is 0 Å². The van der Waals surface area contributed by atoms with E-state index in [0.717, 1.165) is 50.0 Å². The second-order valence-corrected chi connectivity index (χ2v) is 6.23. The van der Waals surface area contributed by atoms with Crippen molar-refractivity contribution < 1.29 is 4.42 Å². The summed E-state index contributed by atoms with van der Waals surface area (Å²) >= 11 is 0. The fraction of sp³-hybridized carbons (Fsp3) is 0.474. The van der Waals surface area contributed by atoms with Crippen molar-refractivity contribution in [1.82, 2.24) is 20.5 Å². The van der Waals surface area contributed by atoms with Crippen molar-refractivity contribution >= 4 is 5.96 Å². The van der Waals surface area contributed by atoms with Crippen LogP contribution in [0.25, 0.3) is 0 Å². The third kappa shape index (κ3) is 5.06. The highest BCUT2D eigenvalue weighted by atomic mass is 16.3. The fourth-order valence-corrected chi connectivity index (χ4v) is 3.21. The second-order valence-electron chi connectivity index (χ2n) is 6.23. The molecule has 1 saturated heterocycles. The summed E-state index contributed by atoms with van der Waals surface area (Å²) in [6.45, 7) is 3.82. The smallest absolute Gasteiger partial charge is 0.191 e. The van der Waals surface area contributed by atoms with Gasteiger partial charge in [0.15, 0.2) is 5.96 Å². The van der Waals surface area contributed by atoms with Gasteiger partial charge in [-0.05, 0) is 50.2 Å². The van der Waals surface area contributed by atoms with Gasteiger partial charge in [0.05, 0.1) is 12.3 Å². The molecular weight excluding hydrogens is 314 g/mol. The van der Waals surface area contributed by atoms with Gasteiger partial charge >= 0.3 is 0 Å². The lowest BCUT2D eigenvalue weighted by Gasteiger charge is -2.26. The average molecular weight is 341 g/mol. The Labute approximate surface area is 149 Å². The zero-order valence-corrected chi connectivity index (χ0v) is 14.8. The van der Waals surface area contributed by atoms with Crippen LogP contribution in [0, 0.1) is 0 Å². The maximum Gasteiger partial charge on any atom is 0.191 e. The summed E-state index contributed by atoms with van der Waals surface area (Å²) in [5, 5.41) is 6.80. The lowest BCUT2D eigenvalue weighted by atomic mass is 10.2. The van der Waals surface area contributed by atoms with E-state index < -0.39 is 0 Å². The van der Waals surface area contributed by atoms with Crippen molar-refractivity contribution in [3.8, 4) is 0 Å². The van der Waals surface area contributed by atoms with Crippen molar-refractivity contribution in [1.29, 1.82) is 0 Å². The number of hydrogen-bond acceptors (Lipinski definition) is 4. The van der Waals surface area contributed by atoms with E-state index in [4.69, 9.17) is 4.42 Å². The molecule has 3 heterocycles. The average Bonchev–Trinajstić information content (AvgIpc) is 3.36. The highest BCUT2D eigenvalue weighted by Gasteiger charge is 2.25. The van der Waals surface area contributed by atoms with Crippen molar-refractivity contribution in [2.24, 2.45) is 4.99 Å². The molecular formula is C19H27N5O. The van der Waals surface area contributed by atoms with Crippen LogP contribution in [0.5, 0.6) is 0 Å². The standard InChI is InChI=1S/C19H27N5O/c1-20-19(22-11-9-16-7-2-3-10-21-16)23-15-17(18-8-6-14-25-18)24-12-4-5-13-24/h2-3,6-8,10,14,17H,4-5,9,11-13,15H2,1H3,(H2,20,22,23). The summed E-state index contributed by atoms with van der Waals surface area (Å²) in [5.74, 6) is 1.82. The van der Waals surface area contributed by atoms with E-state index in [1.807, 2.05) is 30.5 Å². The molecule has 1 aliphatic heterocycles. The van der Waals surface area contributed by atoms with Crippen molar-refractivity contribution in [3.05, 3.63) is 54.2 Å². The summed E-state index contributed by atoms with van der Waals surface area (Å²) in [6.07, 6.45) is 6.96. The lowest BCUT2D eigenvalue weighted by Crippen LogP contribution is -2.43. The van der Waals surface area contributed by atoms with Crippen LogP contribution in [0.1, 0.15) is 30.3 Å².